The van der Waals surface area contributed by atoms with Crippen molar-refractivity contribution in [2.45, 2.75) is 24.2 Å². The standard InChI is InChI=1S/C11H14O5S.Na/c1-16-9-5-4-8-3-2-6-11(12,10(8)7-9)17(13,14)15;/h4-5,7,12H,2-3,6H2,1H3,(H,13,14,15);/q;+1/p-1. The maximum atomic E-state index is 11.2. The zero-order valence-electron chi connectivity index (χ0n) is 10.3. The molecule has 0 spiro atoms. The van der Waals surface area contributed by atoms with Crippen molar-refractivity contribution in [3.8, 4) is 5.75 Å². The van der Waals surface area contributed by atoms with Crippen molar-refractivity contribution in [2.24, 2.45) is 0 Å². The van der Waals surface area contributed by atoms with E-state index in [1.165, 1.54) is 13.2 Å². The van der Waals surface area contributed by atoms with Gasteiger partial charge in [-0.05, 0) is 37.0 Å². The molecule has 1 aliphatic carbocycles. The zero-order valence-corrected chi connectivity index (χ0v) is 13.2. The second-order valence-electron chi connectivity index (χ2n) is 4.12. The minimum atomic E-state index is -4.81. The molecule has 1 aromatic rings. The normalized spacial score (nSPS) is 22.8. The third-order valence-electron chi connectivity index (χ3n) is 3.11. The van der Waals surface area contributed by atoms with Crippen LogP contribution in [0.2, 0.25) is 0 Å². The van der Waals surface area contributed by atoms with Crippen LogP contribution in [0.3, 0.4) is 0 Å². The number of fused-ring (bicyclic) bond motifs is 1. The van der Waals surface area contributed by atoms with Crippen LogP contribution in [0.5, 0.6) is 5.75 Å². The minimum Gasteiger partial charge on any atom is -0.745 e. The van der Waals surface area contributed by atoms with Gasteiger partial charge in [0.2, 0.25) is 0 Å². The second kappa shape index (κ2) is 5.48. The van der Waals surface area contributed by atoms with Crippen LogP contribution in [0.1, 0.15) is 24.0 Å². The maximum Gasteiger partial charge on any atom is 1.00 e. The van der Waals surface area contributed by atoms with Crippen LogP contribution in [-0.4, -0.2) is 25.2 Å². The number of aliphatic hydroxyl groups is 1. The predicted octanol–water partition coefficient (Wildman–Crippen LogP) is -2.27. The molecule has 0 saturated carbocycles. The second-order valence-corrected chi connectivity index (χ2v) is 5.70. The fraction of sp³-hybridized carbons (Fsp3) is 0.455. The molecule has 0 bridgehead atoms. The largest absolute Gasteiger partial charge is 1.00 e. The Bertz CT molecular complexity index is 542. The van der Waals surface area contributed by atoms with Gasteiger partial charge in [-0.3, -0.25) is 0 Å². The van der Waals surface area contributed by atoms with E-state index >= 15 is 0 Å². The van der Waals surface area contributed by atoms with Crippen molar-refractivity contribution < 1.29 is 52.4 Å². The molecule has 0 heterocycles. The quantitative estimate of drug-likeness (QED) is 0.487. The summed E-state index contributed by atoms with van der Waals surface area (Å²) in [6.07, 6.45) is 1.05. The average Bonchev–Trinajstić information content (AvgIpc) is 2.28. The van der Waals surface area contributed by atoms with E-state index in [0.29, 0.717) is 24.2 Å². The molecule has 0 aromatic heterocycles. The van der Waals surface area contributed by atoms with Crippen molar-refractivity contribution >= 4 is 10.1 Å². The third-order valence-corrected chi connectivity index (χ3v) is 4.36. The molecule has 2 rings (SSSR count). The van der Waals surface area contributed by atoms with E-state index in [4.69, 9.17) is 4.74 Å². The minimum absolute atomic E-state index is 0. The van der Waals surface area contributed by atoms with E-state index in [0.717, 1.165) is 0 Å². The molecular formula is C11H13NaO5S. The van der Waals surface area contributed by atoms with Gasteiger partial charge in [0.05, 0.1) is 7.11 Å². The molecule has 0 saturated heterocycles. The smallest absolute Gasteiger partial charge is 0.745 e. The first-order chi connectivity index (χ1) is 7.88. The number of ether oxygens (including phenoxy) is 1. The van der Waals surface area contributed by atoms with E-state index in [9.17, 15) is 18.1 Å². The average molecular weight is 280 g/mol. The summed E-state index contributed by atoms with van der Waals surface area (Å²) in [4.78, 5) is -2.32. The molecule has 94 valence electrons. The van der Waals surface area contributed by atoms with E-state index in [2.05, 4.69) is 0 Å². The van der Waals surface area contributed by atoms with Crippen LogP contribution in [0.15, 0.2) is 18.2 Å². The van der Waals surface area contributed by atoms with Crippen LogP contribution in [-0.2, 0) is 21.5 Å². The predicted molar refractivity (Wildman–Crippen MR) is 59.5 cm³/mol. The van der Waals surface area contributed by atoms with E-state index in [1.807, 2.05) is 0 Å². The first kappa shape index (κ1) is 15.9. The summed E-state index contributed by atoms with van der Waals surface area (Å²) in [6, 6.07) is 4.79. The summed E-state index contributed by atoms with van der Waals surface area (Å²) in [7, 11) is -3.37. The monoisotopic (exact) mass is 280 g/mol. The topological polar surface area (TPSA) is 86.7 Å². The summed E-state index contributed by atoms with van der Waals surface area (Å²) in [6.45, 7) is 0. The molecule has 1 aromatic carbocycles. The molecule has 0 radical (unpaired) electrons. The number of hydrogen-bond donors (Lipinski definition) is 1. The van der Waals surface area contributed by atoms with Crippen LogP contribution < -0.4 is 34.3 Å². The van der Waals surface area contributed by atoms with Crippen molar-refractivity contribution in [3.63, 3.8) is 0 Å². The number of aryl methyl sites for hydroxylation is 1. The summed E-state index contributed by atoms with van der Waals surface area (Å²) in [5.41, 5.74) is 0.831. The van der Waals surface area contributed by atoms with Crippen LogP contribution in [0.25, 0.3) is 0 Å². The Labute approximate surface area is 128 Å². The van der Waals surface area contributed by atoms with E-state index in [1.54, 1.807) is 12.1 Å². The van der Waals surface area contributed by atoms with Gasteiger partial charge in [0.25, 0.3) is 0 Å². The van der Waals surface area contributed by atoms with Crippen LogP contribution in [0.4, 0.5) is 0 Å². The molecule has 1 atom stereocenters. The van der Waals surface area contributed by atoms with Gasteiger partial charge in [-0.1, -0.05) is 6.07 Å². The summed E-state index contributed by atoms with van der Waals surface area (Å²) in [5, 5.41) is 10.1. The number of rotatable bonds is 2. The van der Waals surface area contributed by atoms with Gasteiger partial charge in [0.15, 0.2) is 4.93 Å². The maximum absolute atomic E-state index is 11.2. The first-order valence-corrected chi connectivity index (χ1v) is 6.64. The van der Waals surface area contributed by atoms with Crippen molar-refractivity contribution in [3.05, 3.63) is 29.3 Å². The molecule has 1 aliphatic rings. The summed E-state index contributed by atoms with van der Waals surface area (Å²) >= 11 is 0. The zero-order chi connectivity index (χ0) is 12.7. The van der Waals surface area contributed by atoms with Crippen LogP contribution in [0, 0.1) is 0 Å². The SMILES string of the molecule is COc1ccc2c(c1)C(O)(S(=O)(=O)[O-])CCC2.[Na+]. The van der Waals surface area contributed by atoms with Gasteiger partial charge >= 0.3 is 29.6 Å². The number of benzene rings is 1. The van der Waals surface area contributed by atoms with Crippen LogP contribution >= 0.6 is 0 Å². The van der Waals surface area contributed by atoms with Gasteiger partial charge in [-0.25, -0.2) is 8.42 Å². The molecule has 0 fully saturated rings. The molecule has 5 nitrogen and oxygen atoms in total. The number of hydrogen-bond acceptors (Lipinski definition) is 5. The Hall–Kier alpha value is -0.110. The molecule has 1 unspecified atom stereocenters. The van der Waals surface area contributed by atoms with Gasteiger partial charge in [-0.2, -0.15) is 0 Å². The van der Waals surface area contributed by atoms with E-state index < -0.39 is 15.1 Å². The van der Waals surface area contributed by atoms with Crippen molar-refractivity contribution in [2.75, 3.05) is 7.11 Å². The molecule has 7 heteroatoms. The Morgan fingerprint density at radius 2 is 2.11 bits per heavy atom. The molecule has 1 N–H and O–H groups in total. The van der Waals surface area contributed by atoms with Gasteiger partial charge in [0, 0.05) is 5.56 Å². The van der Waals surface area contributed by atoms with Gasteiger partial charge in [0.1, 0.15) is 15.9 Å². The Morgan fingerprint density at radius 1 is 1.44 bits per heavy atom. The van der Waals surface area contributed by atoms with Crippen molar-refractivity contribution in [1.29, 1.82) is 0 Å². The molecular weight excluding hydrogens is 267 g/mol. The number of methoxy groups -OCH3 is 1. The Kier molecular flexibility index (Phi) is 4.86. The molecule has 0 aliphatic heterocycles. The van der Waals surface area contributed by atoms with Gasteiger partial charge < -0.3 is 14.4 Å². The van der Waals surface area contributed by atoms with Crippen molar-refractivity contribution in [1.82, 2.24) is 0 Å². The molecule has 18 heavy (non-hydrogen) atoms. The van der Waals surface area contributed by atoms with E-state index in [-0.39, 0.29) is 41.5 Å². The fourth-order valence-corrected chi connectivity index (χ4v) is 3.03. The third kappa shape index (κ3) is 2.59. The summed E-state index contributed by atoms with van der Waals surface area (Å²) < 4.78 is 38.7. The summed E-state index contributed by atoms with van der Waals surface area (Å²) in [5.74, 6) is 0.424. The fourth-order valence-electron chi connectivity index (χ4n) is 2.18. The Morgan fingerprint density at radius 3 is 2.67 bits per heavy atom. The molecule has 0 amide bonds. The Balaban J connectivity index is 0.00000162. The van der Waals surface area contributed by atoms with Gasteiger partial charge in [-0.15, -0.1) is 0 Å². The first-order valence-electron chi connectivity index (χ1n) is 5.24.